The van der Waals surface area contributed by atoms with E-state index in [4.69, 9.17) is 0 Å². The molecule has 9 heteroatoms. The van der Waals surface area contributed by atoms with Gasteiger partial charge >= 0.3 is 0 Å². The fourth-order valence-electron chi connectivity index (χ4n) is 33.1. The zero-order chi connectivity index (χ0) is 103. The van der Waals surface area contributed by atoms with E-state index in [9.17, 15) is 0 Å². The summed E-state index contributed by atoms with van der Waals surface area (Å²) in [4.78, 5) is 11.5. The SMILES string of the molecule is Cc1cccc(C)c1-c1cc2c3c(c1)N(c1ccc([Si](C)(C)C)cc1)c1c(sc4cc5c(cc14)C(C)(C)CCC5(C)C)B3c1cc3c(cc1N2c1ccc2c(c1)C(C)(C)CCC2(C)C)C(C)(C)CCC3(C)CC1C2CC3CC1CC(c1cc4c5c(c1)N(c1ccc(C(C)(C)C)cc1)c1c(sc6cc7c(cc16)C(C)(C)CCC7(C)C)B5c1cc5c(cc1N4c1ccc4c(c1)C(C)(C)CCC4(C)C)C(C)(C)CCC5(C)C)(C3)C2. The standard InChI is InChI=1S/C137H162B2N4S2Si/c1-79-33-32-34-80(2)117(79)82-61-111-118-112(62-82)142(88-39-43-91(44-40-88)146(29,30)31)120-92-67-99-104(133(22,23)55-51-129(99,14)15)73-115(92)144-122(120)139(118)108-70-106-103(72-110(108)140(111)89-41-45-95-97(65-89)127(10,11)49-47-125(95,6)7)135(26,27)57-58-136(106,28)78-94-83-59-81-60-84(94)77-137(75-81,76-83)86-63-113-119-114(64-86)143(87-37-35-85(36-38-87)124(3,4)5)121-93-68-100-105(134(24,25)56-52-130(100,16)17)74-116(93)145-123(121)138(119)107-69-101-102(132(20,21)54-53-131(101,18)19)71-109(107)141(113)90-42-46-96-98(66-90)128(12,13)50-48-126(96,8)9/h32-46,61-74,81,83-84,94H,47-60,75-78H2,1-31H3. The van der Waals surface area contributed by atoms with Crippen LogP contribution >= 0.6 is 22.7 Å². The van der Waals surface area contributed by atoms with Gasteiger partial charge in [0.05, 0.1) is 19.4 Å². The molecule has 10 aliphatic carbocycles. The number of nitrogens with zero attached hydrogens (tertiary/aromatic N) is 4. The number of hydrogen-bond acceptors (Lipinski definition) is 6. The third-order valence-corrected chi connectivity index (χ3v) is 47.2. The molecule has 4 bridgehead atoms. The molecular formula is C137H162B2N4S2Si. The topological polar surface area (TPSA) is 13.0 Å². The molecule has 0 spiro atoms. The molecule has 752 valence electrons. The van der Waals surface area contributed by atoms with E-state index < -0.39 is 8.07 Å². The van der Waals surface area contributed by atoms with E-state index in [0.29, 0.717) is 23.7 Å². The van der Waals surface area contributed by atoms with Crippen LogP contribution in [0.5, 0.6) is 0 Å². The van der Waals surface area contributed by atoms with Crippen LogP contribution in [0.3, 0.4) is 0 Å². The fraction of sp³-hybridized carbons (Fsp3) is 0.489. The number of hydrogen-bond donors (Lipinski definition) is 0. The molecule has 6 heterocycles. The van der Waals surface area contributed by atoms with Crippen LogP contribution < -0.4 is 56.2 Å². The summed E-state index contributed by atoms with van der Waals surface area (Å²) in [5.74, 6) is 2.47. The van der Waals surface area contributed by atoms with Crippen molar-refractivity contribution in [2.45, 2.75) is 405 Å². The molecule has 11 aromatic carbocycles. The van der Waals surface area contributed by atoms with E-state index in [0.717, 1.165) is 12.8 Å². The average molecular weight is 1980 g/mol. The minimum absolute atomic E-state index is 0.00272. The van der Waals surface area contributed by atoms with Gasteiger partial charge in [0.1, 0.15) is 0 Å². The second-order valence-corrected chi connectivity index (χ2v) is 66.9. The van der Waals surface area contributed by atoms with Gasteiger partial charge in [0.15, 0.2) is 0 Å². The van der Waals surface area contributed by atoms with Gasteiger partial charge in [-0.25, -0.2) is 0 Å². The predicted octanol–water partition coefficient (Wildman–Crippen LogP) is 34.3. The van der Waals surface area contributed by atoms with Crippen LogP contribution in [0.4, 0.5) is 68.2 Å². The summed E-state index contributed by atoms with van der Waals surface area (Å²) >= 11 is 4.29. The molecule has 0 radical (unpaired) electrons. The summed E-state index contributed by atoms with van der Waals surface area (Å²) in [5, 5.41) is 4.35. The summed E-state index contributed by atoms with van der Waals surface area (Å²) in [6.45, 7) is 78.7. The van der Waals surface area contributed by atoms with E-state index in [-0.39, 0.29) is 89.2 Å². The maximum absolute atomic E-state index is 2.97. The van der Waals surface area contributed by atoms with E-state index in [2.05, 4.69) is 432 Å². The zero-order valence-corrected chi connectivity index (χ0v) is 97.2. The molecule has 146 heavy (non-hydrogen) atoms. The van der Waals surface area contributed by atoms with E-state index in [1.807, 2.05) is 0 Å². The Hall–Kier alpha value is -9.11. The molecule has 3 unspecified atom stereocenters. The van der Waals surface area contributed by atoms with Crippen LogP contribution in [0.25, 0.3) is 31.3 Å². The number of anilines is 12. The van der Waals surface area contributed by atoms with Crippen LogP contribution in [-0.4, -0.2) is 21.5 Å². The third-order valence-electron chi connectivity index (χ3n) is 42.8. The first-order chi connectivity index (χ1) is 68.4. The Kier molecular flexibility index (Phi) is 20.4. The van der Waals surface area contributed by atoms with Crippen molar-refractivity contribution in [3.63, 3.8) is 0 Å². The molecule has 0 amide bonds. The molecule has 14 aliphatic rings. The van der Waals surface area contributed by atoms with Crippen LogP contribution in [0.15, 0.2) is 176 Å². The normalized spacial score (nSPS) is 25.2. The molecular weight excluding hydrogens is 1820 g/mol. The summed E-state index contributed by atoms with van der Waals surface area (Å²) in [6, 6.07) is 76.8. The summed E-state index contributed by atoms with van der Waals surface area (Å²) in [7, 11) is -1.71. The number of benzene rings is 11. The van der Waals surface area contributed by atoms with Gasteiger partial charge in [-0.2, -0.15) is 0 Å². The molecule has 4 nitrogen and oxygen atoms in total. The van der Waals surface area contributed by atoms with E-state index >= 15 is 0 Å². The smallest absolute Gasteiger partial charge is 0.264 e. The van der Waals surface area contributed by atoms with Crippen molar-refractivity contribution in [2.75, 3.05) is 19.6 Å². The monoisotopic (exact) mass is 1980 g/mol. The van der Waals surface area contributed by atoms with E-state index in [1.54, 1.807) is 44.5 Å². The molecule has 2 aromatic heterocycles. The predicted molar refractivity (Wildman–Crippen MR) is 638 cm³/mol. The second-order valence-electron chi connectivity index (χ2n) is 59.6. The van der Waals surface area contributed by atoms with Crippen molar-refractivity contribution in [2.24, 2.45) is 23.7 Å². The lowest BCUT2D eigenvalue weighted by Gasteiger charge is -2.62. The quantitative estimate of drug-likeness (QED) is 0.134. The molecule has 0 N–H and O–H groups in total. The van der Waals surface area contributed by atoms with E-state index in [1.165, 1.54) is 283 Å². The summed E-state index contributed by atoms with van der Waals surface area (Å²) in [6.07, 6.45) is 21.7. The van der Waals surface area contributed by atoms with Gasteiger partial charge < -0.3 is 19.6 Å². The van der Waals surface area contributed by atoms with Crippen LogP contribution in [-0.2, 0) is 75.8 Å². The minimum Gasteiger partial charge on any atom is -0.311 e. The van der Waals surface area contributed by atoms with Gasteiger partial charge in [0, 0.05) is 86.6 Å². The highest BCUT2D eigenvalue weighted by atomic mass is 32.1. The lowest BCUT2D eigenvalue weighted by Crippen LogP contribution is -2.61. The Balaban J connectivity index is 0.681. The van der Waals surface area contributed by atoms with Crippen LogP contribution in [0, 0.1) is 37.5 Å². The molecule has 4 aliphatic heterocycles. The Morgan fingerprint density at radius 3 is 1.10 bits per heavy atom. The third kappa shape index (κ3) is 14.0. The molecule has 27 rings (SSSR count). The first-order valence-electron chi connectivity index (χ1n) is 57.1. The highest BCUT2D eigenvalue weighted by molar-refractivity contribution is 7.34. The lowest BCUT2D eigenvalue weighted by molar-refractivity contribution is -0.0671. The van der Waals surface area contributed by atoms with Crippen molar-refractivity contribution in [1.29, 1.82) is 0 Å². The Morgan fingerprint density at radius 1 is 0.336 bits per heavy atom. The maximum Gasteiger partial charge on any atom is 0.264 e. The average Bonchev–Trinajstić information content (AvgIpc) is 1.37. The highest BCUT2D eigenvalue weighted by Gasteiger charge is 2.61. The Labute approximate surface area is 886 Å². The highest BCUT2D eigenvalue weighted by Crippen LogP contribution is 2.69. The second kappa shape index (κ2) is 30.9. The van der Waals surface area contributed by atoms with Crippen molar-refractivity contribution in [1.82, 2.24) is 0 Å². The first-order valence-corrected chi connectivity index (χ1v) is 62.2. The number of thiophene rings is 2. The van der Waals surface area contributed by atoms with Crippen LogP contribution in [0.1, 0.15) is 385 Å². The first kappa shape index (κ1) is 96.4. The van der Waals surface area contributed by atoms with Crippen molar-refractivity contribution < 1.29 is 0 Å². The molecule has 4 fully saturated rings. The fourth-order valence-corrected chi connectivity index (χ4v) is 37.0. The largest absolute Gasteiger partial charge is 0.311 e. The minimum atomic E-state index is -1.71. The summed E-state index contributed by atoms with van der Waals surface area (Å²) < 4.78 is 5.88. The zero-order valence-electron chi connectivity index (χ0n) is 94.5. The Morgan fingerprint density at radius 2 is 0.678 bits per heavy atom. The van der Waals surface area contributed by atoms with Gasteiger partial charge in [-0.15, -0.1) is 22.7 Å². The summed E-state index contributed by atoms with van der Waals surface area (Å²) in [5.41, 5.74) is 49.1. The number of rotatable bonds is 9. The molecule has 4 saturated carbocycles. The molecule has 0 saturated heterocycles. The van der Waals surface area contributed by atoms with Gasteiger partial charge in [0.25, 0.3) is 13.4 Å². The van der Waals surface area contributed by atoms with Crippen molar-refractivity contribution in [3.05, 3.63) is 265 Å². The maximum atomic E-state index is 2.97. The van der Waals surface area contributed by atoms with Gasteiger partial charge in [-0.05, 0) is 460 Å². The van der Waals surface area contributed by atoms with Crippen molar-refractivity contribution in [3.8, 4) is 11.1 Å². The number of aryl methyl sites for hydroxylation is 2. The Bertz CT molecular complexity index is 7760. The van der Waals surface area contributed by atoms with Gasteiger partial charge in [-0.1, -0.05) is 272 Å². The van der Waals surface area contributed by atoms with Crippen LogP contribution in [0.2, 0.25) is 19.6 Å². The van der Waals surface area contributed by atoms with Gasteiger partial charge in [-0.3, -0.25) is 0 Å². The van der Waals surface area contributed by atoms with Crippen molar-refractivity contribution >= 4 is 169 Å². The number of fused-ring (bicyclic) bond motifs is 18. The molecule has 3 atom stereocenters. The molecule has 13 aromatic rings. The van der Waals surface area contributed by atoms with Gasteiger partial charge in [0.2, 0.25) is 0 Å². The lowest BCUT2D eigenvalue weighted by atomic mass is 9.35.